The van der Waals surface area contributed by atoms with E-state index in [1.54, 1.807) is 17.2 Å². The molecule has 0 radical (unpaired) electrons. The third-order valence-corrected chi connectivity index (χ3v) is 2.30. The summed E-state index contributed by atoms with van der Waals surface area (Å²) in [6.45, 7) is 1.79. The van der Waals surface area contributed by atoms with Crippen LogP contribution in [0.4, 0.5) is 0 Å². The first kappa shape index (κ1) is 10.3. The molecule has 80 valence electrons. The van der Waals surface area contributed by atoms with Crippen LogP contribution in [-0.2, 0) is 16.1 Å². The van der Waals surface area contributed by atoms with E-state index in [4.69, 9.17) is 16.3 Å². The first-order valence-electron chi connectivity index (χ1n) is 4.58. The van der Waals surface area contributed by atoms with E-state index in [0.717, 1.165) is 5.69 Å². The average molecular weight is 228 g/mol. The van der Waals surface area contributed by atoms with Gasteiger partial charge in [0.1, 0.15) is 6.61 Å². The first-order chi connectivity index (χ1) is 7.25. The second-order valence-corrected chi connectivity index (χ2v) is 3.52. The minimum atomic E-state index is -0.0176. The maximum atomic E-state index is 11.4. The predicted octanol–water partition coefficient (Wildman–Crippen LogP) is 0.489. The van der Waals surface area contributed by atoms with Crippen LogP contribution in [0.2, 0.25) is 5.28 Å². The maximum absolute atomic E-state index is 11.4. The van der Waals surface area contributed by atoms with Gasteiger partial charge in [-0.3, -0.25) is 4.79 Å². The molecular formula is C9H10ClN3O2. The van der Waals surface area contributed by atoms with Gasteiger partial charge in [-0.15, -0.1) is 0 Å². The molecule has 0 unspecified atom stereocenters. The van der Waals surface area contributed by atoms with Gasteiger partial charge in [0.2, 0.25) is 11.2 Å². The van der Waals surface area contributed by atoms with Gasteiger partial charge in [0.05, 0.1) is 18.8 Å². The molecule has 2 heterocycles. The Morgan fingerprint density at radius 2 is 2.47 bits per heavy atom. The monoisotopic (exact) mass is 227 g/mol. The highest BCUT2D eigenvalue weighted by Crippen LogP contribution is 2.07. The minimum Gasteiger partial charge on any atom is -0.370 e. The minimum absolute atomic E-state index is 0.0176. The Hall–Kier alpha value is -1.20. The number of rotatable bonds is 2. The summed E-state index contributed by atoms with van der Waals surface area (Å²) in [7, 11) is 0. The van der Waals surface area contributed by atoms with E-state index in [0.29, 0.717) is 19.7 Å². The molecule has 0 spiro atoms. The summed E-state index contributed by atoms with van der Waals surface area (Å²) in [6.07, 6.45) is 1.58. The van der Waals surface area contributed by atoms with Gasteiger partial charge in [-0.05, 0) is 17.7 Å². The molecule has 1 amide bonds. The Labute approximate surface area is 92.0 Å². The van der Waals surface area contributed by atoms with Crippen molar-refractivity contribution in [3.05, 3.63) is 23.2 Å². The summed E-state index contributed by atoms with van der Waals surface area (Å²) in [5, 5.41) is 0.202. The molecule has 0 aliphatic carbocycles. The average Bonchev–Trinajstić information content (AvgIpc) is 2.22. The van der Waals surface area contributed by atoms with Crippen molar-refractivity contribution < 1.29 is 9.53 Å². The van der Waals surface area contributed by atoms with E-state index < -0.39 is 0 Å². The molecule has 0 bridgehead atoms. The molecule has 0 saturated carbocycles. The molecule has 1 aromatic rings. The fourth-order valence-electron chi connectivity index (χ4n) is 1.37. The fourth-order valence-corrected chi connectivity index (χ4v) is 1.54. The largest absolute Gasteiger partial charge is 0.370 e. The molecule has 1 aliphatic rings. The normalized spacial score (nSPS) is 16.9. The van der Waals surface area contributed by atoms with Gasteiger partial charge in [0, 0.05) is 12.7 Å². The summed E-state index contributed by atoms with van der Waals surface area (Å²) in [5.74, 6) is -0.0176. The maximum Gasteiger partial charge on any atom is 0.248 e. The third-order valence-electron chi connectivity index (χ3n) is 2.12. The van der Waals surface area contributed by atoms with Crippen molar-refractivity contribution in [3.63, 3.8) is 0 Å². The van der Waals surface area contributed by atoms with Crippen LogP contribution in [0.3, 0.4) is 0 Å². The SMILES string of the molecule is O=C1COCCN1Cc1ccnc(Cl)n1. The van der Waals surface area contributed by atoms with Crippen LogP contribution >= 0.6 is 11.6 Å². The molecule has 0 N–H and O–H groups in total. The number of nitrogens with zero attached hydrogens (tertiary/aromatic N) is 3. The predicted molar refractivity (Wildman–Crippen MR) is 53.3 cm³/mol. The lowest BCUT2D eigenvalue weighted by molar-refractivity contribution is -0.143. The second-order valence-electron chi connectivity index (χ2n) is 3.18. The van der Waals surface area contributed by atoms with Crippen molar-refractivity contribution in [1.29, 1.82) is 0 Å². The quantitative estimate of drug-likeness (QED) is 0.690. The van der Waals surface area contributed by atoms with Crippen molar-refractivity contribution in [2.45, 2.75) is 6.54 Å². The second kappa shape index (κ2) is 4.55. The molecule has 1 aromatic heterocycles. The number of halogens is 1. The van der Waals surface area contributed by atoms with Crippen LogP contribution in [-0.4, -0.2) is 40.5 Å². The Bertz CT molecular complexity index is 372. The Kier molecular flexibility index (Phi) is 3.13. The molecule has 2 rings (SSSR count). The standard InChI is InChI=1S/C9H10ClN3O2/c10-9-11-2-1-7(12-9)5-13-3-4-15-6-8(13)14/h1-2H,3-6H2. The van der Waals surface area contributed by atoms with Gasteiger partial charge < -0.3 is 9.64 Å². The van der Waals surface area contributed by atoms with E-state index in [1.807, 2.05) is 0 Å². The summed E-state index contributed by atoms with van der Waals surface area (Å²) >= 11 is 5.65. The lowest BCUT2D eigenvalue weighted by Crippen LogP contribution is -2.41. The van der Waals surface area contributed by atoms with Crippen LogP contribution in [0.15, 0.2) is 12.3 Å². The molecule has 1 fully saturated rings. The van der Waals surface area contributed by atoms with Gasteiger partial charge in [0.25, 0.3) is 0 Å². The van der Waals surface area contributed by atoms with E-state index in [2.05, 4.69) is 9.97 Å². The highest BCUT2D eigenvalue weighted by atomic mass is 35.5. The first-order valence-corrected chi connectivity index (χ1v) is 4.96. The molecular weight excluding hydrogens is 218 g/mol. The van der Waals surface area contributed by atoms with Crippen LogP contribution in [0.1, 0.15) is 5.69 Å². The smallest absolute Gasteiger partial charge is 0.248 e. The lowest BCUT2D eigenvalue weighted by atomic mass is 10.3. The zero-order chi connectivity index (χ0) is 10.7. The highest BCUT2D eigenvalue weighted by Gasteiger charge is 2.18. The van der Waals surface area contributed by atoms with Crippen LogP contribution in [0.25, 0.3) is 0 Å². The molecule has 15 heavy (non-hydrogen) atoms. The number of carbonyl (C=O) groups excluding carboxylic acids is 1. The van der Waals surface area contributed by atoms with E-state index >= 15 is 0 Å². The number of morpholine rings is 1. The summed E-state index contributed by atoms with van der Waals surface area (Å²) in [5.41, 5.74) is 0.741. The Balaban J connectivity index is 2.04. The molecule has 1 saturated heterocycles. The third kappa shape index (κ3) is 2.64. The fraction of sp³-hybridized carbons (Fsp3) is 0.444. The van der Waals surface area contributed by atoms with Gasteiger partial charge in [-0.1, -0.05) is 0 Å². The molecule has 0 atom stereocenters. The van der Waals surface area contributed by atoms with Crippen molar-refractivity contribution >= 4 is 17.5 Å². The van der Waals surface area contributed by atoms with E-state index in [-0.39, 0.29) is 17.8 Å². The van der Waals surface area contributed by atoms with Crippen LogP contribution < -0.4 is 0 Å². The number of aromatic nitrogens is 2. The van der Waals surface area contributed by atoms with Gasteiger partial charge in [-0.25, -0.2) is 9.97 Å². The van der Waals surface area contributed by atoms with Crippen molar-refractivity contribution in [2.24, 2.45) is 0 Å². The number of hydrogen-bond acceptors (Lipinski definition) is 4. The Morgan fingerprint density at radius 3 is 3.20 bits per heavy atom. The van der Waals surface area contributed by atoms with Crippen LogP contribution in [0, 0.1) is 0 Å². The molecule has 6 heteroatoms. The van der Waals surface area contributed by atoms with Crippen molar-refractivity contribution in [3.8, 4) is 0 Å². The lowest BCUT2D eigenvalue weighted by Gasteiger charge is -2.26. The number of hydrogen-bond donors (Lipinski definition) is 0. The van der Waals surface area contributed by atoms with Crippen molar-refractivity contribution in [1.82, 2.24) is 14.9 Å². The van der Waals surface area contributed by atoms with Gasteiger partial charge >= 0.3 is 0 Å². The van der Waals surface area contributed by atoms with Gasteiger partial charge in [-0.2, -0.15) is 0 Å². The number of carbonyl (C=O) groups is 1. The number of amides is 1. The van der Waals surface area contributed by atoms with E-state index in [1.165, 1.54) is 0 Å². The zero-order valence-electron chi connectivity index (χ0n) is 8.02. The topological polar surface area (TPSA) is 55.3 Å². The Morgan fingerprint density at radius 1 is 1.60 bits per heavy atom. The number of ether oxygens (including phenoxy) is 1. The molecule has 1 aliphatic heterocycles. The van der Waals surface area contributed by atoms with Crippen LogP contribution in [0.5, 0.6) is 0 Å². The van der Waals surface area contributed by atoms with Crippen molar-refractivity contribution in [2.75, 3.05) is 19.8 Å². The van der Waals surface area contributed by atoms with Gasteiger partial charge in [0.15, 0.2) is 0 Å². The van der Waals surface area contributed by atoms with E-state index in [9.17, 15) is 4.79 Å². The zero-order valence-corrected chi connectivity index (χ0v) is 8.78. The highest BCUT2D eigenvalue weighted by molar-refractivity contribution is 6.28. The molecule has 5 nitrogen and oxygen atoms in total. The summed E-state index contributed by atoms with van der Waals surface area (Å²) in [4.78, 5) is 20.9. The molecule has 0 aromatic carbocycles. The summed E-state index contributed by atoms with van der Waals surface area (Å²) in [6, 6.07) is 1.74. The summed E-state index contributed by atoms with van der Waals surface area (Å²) < 4.78 is 5.02.